The third-order valence-electron chi connectivity index (χ3n) is 4.50. The van der Waals surface area contributed by atoms with Crippen LogP contribution < -0.4 is 20.7 Å². The van der Waals surface area contributed by atoms with Crippen molar-refractivity contribution < 1.29 is 22.9 Å². The molecule has 8 nitrogen and oxygen atoms in total. The number of likely N-dealkylation sites (N-methyl/N-ethyl adjacent to an activating group) is 1. The van der Waals surface area contributed by atoms with E-state index in [-0.39, 0.29) is 29.3 Å². The number of quaternary nitrogens is 1. The summed E-state index contributed by atoms with van der Waals surface area (Å²) in [6.07, 6.45) is 0. The lowest BCUT2D eigenvalue weighted by molar-refractivity contribution is -0.885. The molecule has 0 radical (unpaired) electrons. The van der Waals surface area contributed by atoms with Crippen molar-refractivity contribution in [1.29, 1.82) is 0 Å². The van der Waals surface area contributed by atoms with Crippen LogP contribution in [0.15, 0.2) is 53.4 Å². The van der Waals surface area contributed by atoms with E-state index < -0.39 is 10.0 Å². The molecule has 2 aromatic carbocycles. The molecule has 2 rings (SSSR count). The summed E-state index contributed by atoms with van der Waals surface area (Å²) in [5.41, 5.74) is 2.40. The zero-order chi connectivity index (χ0) is 21.6. The predicted octanol–water partition coefficient (Wildman–Crippen LogP) is -0.414. The molecule has 5 N–H and O–H groups in total. The monoisotopic (exact) mass is 419 g/mol. The molecule has 2 amide bonds. The van der Waals surface area contributed by atoms with Gasteiger partial charge < -0.3 is 15.5 Å². The Kier molecular flexibility index (Phi) is 7.49. The molecule has 1 unspecified atom stereocenters. The minimum Gasteiger partial charge on any atom is -0.355 e. The van der Waals surface area contributed by atoms with Gasteiger partial charge in [0.2, 0.25) is 10.0 Å². The minimum atomic E-state index is -3.74. The molecule has 0 aliphatic heterocycles. The lowest BCUT2D eigenvalue weighted by Gasteiger charge is -2.18. The standard InChI is InChI=1S/C20H26N4O4S/c1-14(16-8-10-18(11-9-16)29(21,27)28)23-19(25)13-24(3)12-15-4-6-17(7-5-15)20(26)22-2/h4-11,14H,12-13H2,1-3H3,(H,22,26)(H,23,25)(H2,21,27,28)/p+1/t14-/m0/s1. The topological polar surface area (TPSA) is 123 Å². The third-order valence-corrected chi connectivity index (χ3v) is 5.43. The molecular weight excluding hydrogens is 392 g/mol. The van der Waals surface area contributed by atoms with Crippen molar-refractivity contribution in [1.82, 2.24) is 10.6 Å². The highest BCUT2D eigenvalue weighted by molar-refractivity contribution is 7.89. The number of primary sulfonamides is 1. The number of carbonyl (C=O) groups is 2. The van der Waals surface area contributed by atoms with Crippen LogP contribution in [0.5, 0.6) is 0 Å². The Morgan fingerprint density at radius 1 is 1.07 bits per heavy atom. The van der Waals surface area contributed by atoms with E-state index in [1.54, 1.807) is 31.3 Å². The maximum absolute atomic E-state index is 12.3. The van der Waals surface area contributed by atoms with Gasteiger partial charge in [-0.3, -0.25) is 9.59 Å². The molecule has 0 fully saturated rings. The van der Waals surface area contributed by atoms with E-state index in [2.05, 4.69) is 10.6 Å². The van der Waals surface area contributed by atoms with Crippen molar-refractivity contribution in [2.24, 2.45) is 5.14 Å². The van der Waals surface area contributed by atoms with E-state index in [0.29, 0.717) is 12.1 Å². The summed E-state index contributed by atoms with van der Waals surface area (Å²) >= 11 is 0. The number of sulfonamides is 1. The molecule has 0 bridgehead atoms. The number of amides is 2. The number of benzene rings is 2. The van der Waals surface area contributed by atoms with Gasteiger partial charge in [0.1, 0.15) is 6.54 Å². The number of hydrogen-bond donors (Lipinski definition) is 4. The summed E-state index contributed by atoms with van der Waals surface area (Å²) in [6, 6.07) is 13.1. The predicted molar refractivity (Wildman–Crippen MR) is 110 cm³/mol. The van der Waals surface area contributed by atoms with E-state index in [1.165, 1.54) is 12.1 Å². The van der Waals surface area contributed by atoms with Crippen molar-refractivity contribution in [3.05, 3.63) is 65.2 Å². The zero-order valence-electron chi connectivity index (χ0n) is 16.7. The van der Waals surface area contributed by atoms with Crippen LogP contribution in [-0.4, -0.2) is 40.9 Å². The van der Waals surface area contributed by atoms with Gasteiger partial charge in [0.05, 0.1) is 18.0 Å². The Bertz CT molecular complexity index is 957. The summed E-state index contributed by atoms with van der Waals surface area (Å²) in [6.45, 7) is 2.74. The van der Waals surface area contributed by atoms with Crippen molar-refractivity contribution in [2.75, 3.05) is 20.6 Å². The lowest BCUT2D eigenvalue weighted by atomic mass is 10.1. The van der Waals surface area contributed by atoms with Gasteiger partial charge in [0.15, 0.2) is 6.54 Å². The summed E-state index contributed by atoms with van der Waals surface area (Å²) in [7, 11) is -0.236. The summed E-state index contributed by atoms with van der Waals surface area (Å²) in [5, 5.41) is 10.6. The van der Waals surface area contributed by atoms with Gasteiger partial charge in [-0.1, -0.05) is 24.3 Å². The first-order valence-electron chi connectivity index (χ1n) is 9.14. The zero-order valence-corrected chi connectivity index (χ0v) is 17.5. The number of nitrogens with one attached hydrogen (secondary N) is 3. The number of carbonyl (C=O) groups excluding carboxylic acids is 2. The molecular formula is C20H27N4O4S+. The Morgan fingerprint density at radius 2 is 1.66 bits per heavy atom. The van der Waals surface area contributed by atoms with E-state index >= 15 is 0 Å². The Balaban J connectivity index is 1.88. The van der Waals surface area contributed by atoms with Gasteiger partial charge in [-0.2, -0.15) is 0 Å². The molecule has 0 saturated heterocycles. The van der Waals surface area contributed by atoms with Gasteiger partial charge in [-0.05, 0) is 36.8 Å². The second-order valence-corrected chi connectivity index (χ2v) is 8.55. The van der Waals surface area contributed by atoms with E-state index in [4.69, 9.17) is 5.14 Å². The molecule has 0 aliphatic carbocycles. The van der Waals surface area contributed by atoms with Crippen molar-refractivity contribution >= 4 is 21.8 Å². The molecule has 2 aromatic rings. The van der Waals surface area contributed by atoms with E-state index in [1.807, 2.05) is 26.1 Å². The fourth-order valence-corrected chi connectivity index (χ4v) is 3.44. The average Bonchev–Trinajstić information content (AvgIpc) is 2.67. The fourth-order valence-electron chi connectivity index (χ4n) is 2.93. The van der Waals surface area contributed by atoms with Gasteiger partial charge in [-0.15, -0.1) is 0 Å². The normalized spacial score (nSPS) is 13.4. The first kappa shape index (κ1) is 22.5. The van der Waals surface area contributed by atoms with Gasteiger partial charge in [0, 0.05) is 18.2 Å². The van der Waals surface area contributed by atoms with Crippen molar-refractivity contribution in [3.63, 3.8) is 0 Å². The molecule has 9 heteroatoms. The molecule has 29 heavy (non-hydrogen) atoms. The molecule has 0 spiro atoms. The molecule has 0 saturated carbocycles. The first-order valence-corrected chi connectivity index (χ1v) is 10.7. The number of rotatable bonds is 8. The summed E-state index contributed by atoms with van der Waals surface area (Å²) < 4.78 is 22.6. The molecule has 156 valence electrons. The van der Waals surface area contributed by atoms with Crippen LogP contribution in [0.1, 0.15) is 34.5 Å². The molecule has 0 aromatic heterocycles. The highest BCUT2D eigenvalue weighted by atomic mass is 32.2. The lowest BCUT2D eigenvalue weighted by Crippen LogP contribution is -3.08. The van der Waals surface area contributed by atoms with Crippen LogP contribution in [-0.2, 0) is 21.4 Å². The Hall–Kier alpha value is -2.75. The maximum Gasteiger partial charge on any atom is 0.275 e. The van der Waals surface area contributed by atoms with Crippen LogP contribution in [0.2, 0.25) is 0 Å². The second-order valence-electron chi connectivity index (χ2n) is 6.99. The maximum atomic E-state index is 12.3. The quantitative estimate of drug-likeness (QED) is 0.464. The Labute approximate surface area is 171 Å². The molecule has 0 heterocycles. The summed E-state index contributed by atoms with van der Waals surface area (Å²) in [4.78, 5) is 24.9. The second kappa shape index (κ2) is 9.64. The smallest absolute Gasteiger partial charge is 0.275 e. The van der Waals surface area contributed by atoms with E-state index in [0.717, 1.165) is 16.0 Å². The third kappa shape index (κ3) is 6.67. The van der Waals surface area contributed by atoms with Crippen molar-refractivity contribution in [3.8, 4) is 0 Å². The van der Waals surface area contributed by atoms with Gasteiger partial charge >= 0.3 is 0 Å². The Morgan fingerprint density at radius 3 is 2.17 bits per heavy atom. The SMILES string of the molecule is CNC(=O)c1ccc(C[NH+](C)CC(=O)N[C@@H](C)c2ccc(S(N)(=O)=O)cc2)cc1. The van der Waals surface area contributed by atoms with Crippen molar-refractivity contribution in [2.45, 2.75) is 24.4 Å². The number of hydrogen-bond acceptors (Lipinski definition) is 4. The average molecular weight is 420 g/mol. The minimum absolute atomic E-state index is 0.0337. The van der Waals surface area contributed by atoms with Crippen LogP contribution in [0.4, 0.5) is 0 Å². The number of nitrogens with two attached hydrogens (primary N) is 1. The van der Waals surface area contributed by atoms with Gasteiger partial charge in [-0.25, -0.2) is 13.6 Å². The van der Waals surface area contributed by atoms with E-state index in [9.17, 15) is 18.0 Å². The highest BCUT2D eigenvalue weighted by Crippen LogP contribution is 2.15. The van der Waals surface area contributed by atoms with Crippen LogP contribution in [0.3, 0.4) is 0 Å². The fraction of sp³-hybridized carbons (Fsp3) is 0.300. The molecule has 2 atom stereocenters. The van der Waals surface area contributed by atoms with Gasteiger partial charge in [0.25, 0.3) is 11.8 Å². The van der Waals surface area contributed by atoms with Crippen LogP contribution >= 0.6 is 0 Å². The summed E-state index contributed by atoms with van der Waals surface area (Å²) in [5.74, 6) is -0.254. The first-order chi connectivity index (χ1) is 13.6. The molecule has 0 aliphatic rings. The van der Waals surface area contributed by atoms with Crippen LogP contribution in [0.25, 0.3) is 0 Å². The van der Waals surface area contributed by atoms with Crippen LogP contribution in [0, 0.1) is 0 Å². The largest absolute Gasteiger partial charge is 0.355 e. The highest BCUT2D eigenvalue weighted by Gasteiger charge is 2.15.